The van der Waals surface area contributed by atoms with Gasteiger partial charge in [0, 0.05) is 5.54 Å². The summed E-state index contributed by atoms with van der Waals surface area (Å²) in [5, 5.41) is 8.32. The van der Waals surface area contributed by atoms with E-state index in [1.165, 1.54) is 17.7 Å². The van der Waals surface area contributed by atoms with Crippen molar-refractivity contribution in [3.63, 3.8) is 0 Å². The number of aliphatic carboxylic acids is 1. The van der Waals surface area contributed by atoms with Crippen LogP contribution in [0.3, 0.4) is 0 Å². The number of carboxylic acid groups (broad SMARTS) is 1. The molecule has 1 unspecified atom stereocenters. The van der Waals surface area contributed by atoms with Gasteiger partial charge in [0.15, 0.2) is 0 Å². The molecule has 0 radical (unpaired) electrons. The fourth-order valence-corrected chi connectivity index (χ4v) is 0.497. The van der Waals surface area contributed by atoms with Crippen LogP contribution in [0.2, 0.25) is 0 Å². The quantitative estimate of drug-likeness (QED) is 0.615. The van der Waals surface area contributed by atoms with E-state index in [1.807, 2.05) is 0 Å². The first-order valence-electron chi connectivity index (χ1n) is 2.34. The Kier molecular flexibility index (Phi) is 3.80. The normalized spacial score (nSPS) is 13.4. The first-order chi connectivity index (χ1) is 4.22. The third-order valence-electron chi connectivity index (χ3n) is 0.819. The van der Waals surface area contributed by atoms with Gasteiger partial charge in [0.1, 0.15) is 0 Å². The van der Waals surface area contributed by atoms with E-state index in [0.717, 1.165) is 0 Å². The standard InChI is InChI=1S/C6H7ClO2/c1-2-5(3-4-7)6(8)9/h2-5H,1H2,(H,8,9). The number of hydrogen-bond acceptors (Lipinski definition) is 1. The summed E-state index contributed by atoms with van der Waals surface area (Å²) in [5.74, 6) is -1.61. The molecule has 0 saturated carbocycles. The number of carboxylic acids is 1. The fourth-order valence-electron chi connectivity index (χ4n) is 0.340. The molecular weight excluding hydrogens is 140 g/mol. The average molecular weight is 147 g/mol. The van der Waals surface area contributed by atoms with Crippen molar-refractivity contribution in [1.82, 2.24) is 0 Å². The molecule has 1 N–H and O–H groups in total. The maximum Gasteiger partial charge on any atom is 0.314 e. The van der Waals surface area contributed by atoms with Gasteiger partial charge in [-0.15, -0.1) is 6.58 Å². The Balaban J connectivity index is 3.98. The topological polar surface area (TPSA) is 37.3 Å². The maximum absolute atomic E-state index is 10.1. The van der Waals surface area contributed by atoms with Crippen molar-refractivity contribution >= 4 is 17.6 Å². The third kappa shape index (κ3) is 2.93. The zero-order chi connectivity index (χ0) is 7.28. The SMILES string of the molecule is C=CC(C=CCl)C(=O)O. The van der Waals surface area contributed by atoms with Crippen LogP contribution in [0.15, 0.2) is 24.3 Å². The minimum Gasteiger partial charge on any atom is -0.481 e. The van der Waals surface area contributed by atoms with E-state index in [0.29, 0.717) is 0 Å². The highest BCUT2D eigenvalue weighted by atomic mass is 35.5. The zero-order valence-electron chi connectivity index (χ0n) is 4.75. The molecule has 2 nitrogen and oxygen atoms in total. The summed E-state index contributed by atoms with van der Waals surface area (Å²) in [5.41, 5.74) is 1.17. The van der Waals surface area contributed by atoms with Crippen molar-refractivity contribution < 1.29 is 9.90 Å². The second-order valence-corrected chi connectivity index (χ2v) is 1.67. The van der Waals surface area contributed by atoms with Crippen molar-refractivity contribution in [2.24, 2.45) is 5.92 Å². The highest BCUT2D eigenvalue weighted by molar-refractivity contribution is 6.25. The van der Waals surface area contributed by atoms with Gasteiger partial charge in [-0.2, -0.15) is 0 Å². The van der Waals surface area contributed by atoms with Gasteiger partial charge in [0.25, 0.3) is 0 Å². The van der Waals surface area contributed by atoms with E-state index in [4.69, 9.17) is 16.7 Å². The van der Waals surface area contributed by atoms with Crippen molar-refractivity contribution in [1.29, 1.82) is 0 Å². The van der Waals surface area contributed by atoms with Gasteiger partial charge in [0.05, 0.1) is 5.92 Å². The van der Waals surface area contributed by atoms with Gasteiger partial charge < -0.3 is 5.11 Å². The van der Waals surface area contributed by atoms with Crippen LogP contribution in [-0.2, 0) is 4.79 Å². The molecule has 0 heterocycles. The summed E-state index contributed by atoms with van der Waals surface area (Å²) in [6, 6.07) is 0. The monoisotopic (exact) mass is 146 g/mol. The molecule has 0 aromatic carbocycles. The predicted octanol–water partition coefficient (Wildman–Crippen LogP) is 1.63. The van der Waals surface area contributed by atoms with Crippen LogP contribution >= 0.6 is 11.6 Å². The lowest BCUT2D eigenvalue weighted by Gasteiger charge is -1.95. The zero-order valence-corrected chi connectivity index (χ0v) is 5.51. The summed E-state index contributed by atoms with van der Waals surface area (Å²) in [7, 11) is 0. The number of carbonyl (C=O) groups is 1. The Hall–Kier alpha value is -0.760. The van der Waals surface area contributed by atoms with E-state index in [-0.39, 0.29) is 0 Å². The number of rotatable bonds is 3. The van der Waals surface area contributed by atoms with Gasteiger partial charge in [-0.05, 0) is 0 Å². The van der Waals surface area contributed by atoms with Gasteiger partial charge in [-0.1, -0.05) is 23.8 Å². The maximum atomic E-state index is 10.1. The van der Waals surface area contributed by atoms with Crippen molar-refractivity contribution in [3.05, 3.63) is 24.3 Å². The van der Waals surface area contributed by atoms with Crippen LogP contribution in [0.25, 0.3) is 0 Å². The van der Waals surface area contributed by atoms with E-state index in [9.17, 15) is 4.79 Å². The van der Waals surface area contributed by atoms with Gasteiger partial charge >= 0.3 is 5.97 Å². The van der Waals surface area contributed by atoms with Crippen LogP contribution in [0.5, 0.6) is 0 Å². The molecule has 50 valence electrons. The van der Waals surface area contributed by atoms with E-state index in [1.54, 1.807) is 0 Å². The van der Waals surface area contributed by atoms with Crippen molar-refractivity contribution in [2.75, 3.05) is 0 Å². The van der Waals surface area contributed by atoms with Crippen LogP contribution in [0, 0.1) is 5.92 Å². The Morgan fingerprint density at radius 1 is 1.78 bits per heavy atom. The van der Waals surface area contributed by atoms with Crippen LogP contribution in [0.4, 0.5) is 0 Å². The summed E-state index contributed by atoms with van der Waals surface area (Å²) in [6.07, 6.45) is 2.65. The molecule has 0 bridgehead atoms. The lowest BCUT2D eigenvalue weighted by atomic mass is 10.1. The molecule has 0 fully saturated rings. The Labute approximate surface area is 58.4 Å². The molecule has 0 aliphatic heterocycles. The van der Waals surface area contributed by atoms with Gasteiger partial charge in [-0.25, -0.2) is 0 Å². The third-order valence-corrected chi connectivity index (χ3v) is 0.965. The molecule has 0 spiro atoms. The number of halogens is 1. The molecule has 0 amide bonds. The Bertz CT molecular complexity index is 140. The summed E-state index contributed by atoms with van der Waals surface area (Å²) >= 11 is 5.13. The predicted molar refractivity (Wildman–Crippen MR) is 36.3 cm³/mol. The lowest BCUT2D eigenvalue weighted by molar-refractivity contribution is -0.138. The van der Waals surface area contributed by atoms with E-state index < -0.39 is 11.9 Å². The average Bonchev–Trinajstić information content (AvgIpc) is 1.82. The molecule has 0 aliphatic carbocycles. The second-order valence-electron chi connectivity index (χ2n) is 1.42. The summed E-state index contributed by atoms with van der Waals surface area (Å²) in [4.78, 5) is 10.1. The van der Waals surface area contributed by atoms with Gasteiger partial charge in [-0.3, -0.25) is 4.79 Å². The molecule has 9 heavy (non-hydrogen) atoms. The molecule has 0 rings (SSSR count). The van der Waals surface area contributed by atoms with Crippen LogP contribution < -0.4 is 0 Å². The smallest absolute Gasteiger partial charge is 0.314 e. The Morgan fingerprint density at radius 3 is 2.44 bits per heavy atom. The van der Waals surface area contributed by atoms with E-state index in [2.05, 4.69) is 6.58 Å². The summed E-state index contributed by atoms with van der Waals surface area (Å²) < 4.78 is 0. The highest BCUT2D eigenvalue weighted by Gasteiger charge is 2.06. The van der Waals surface area contributed by atoms with Crippen LogP contribution in [0.1, 0.15) is 0 Å². The van der Waals surface area contributed by atoms with E-state index >= 15 is 0 Å². The molecule has 0 aliphatic rings. The minimum atomic E-state index is -0.943. The first-order valence-corrected chi connectivity index (χ1v) is 2.78. The first kappa shape index (κ1) is 8.24. The molecule has 3 heteroatoms. The lowest BCUT2D eigenvalue weighted by Crippen LogP contribution is -2.06. The molecule has 0 saturated heterocycles. The molecule has 1 atom stereocenters. The minimum absolute atomic E-state index is 0.664. The molecular formula is C6H7ClO2. The Morgan fingerprint density at radius 2 is 2.33 bits per heavy atom. The largest absolute Gasteiger partial charge is 0.481 e. The highest BCUT2D eigenvalue weighted by Crippen LogP contribution is 2.00. The van der Waals surface area contributed by atoms with Gasteiger partial charge in [0.2, 0.25) is 0 Å². The molecule has 0 aromatic heterocycles. The number of hydrogen-bond donors (Lipinski definition) is 1. The summed E-state index contributed by atoms with van der Waals surface area (Å²) in [6.45, 7) is 3.31. The van der Waals surface area contributed by atoms with Crippen molar-refractivity contribution in [3.8, 4) is 0 Å². The second kappa shape index (κ2) is 4.15. The van der Waals surface area contributed by atoms with Crippen molar-refractivity contribution in [2.45, 2.75) is 0 Å². The van der Waals surface area contributed by atoms with Crippen LogP contribution in [-0.4, -0.2) is 11.1 Å². The molecule has 0 aromatic rings. The fraction of sp³-hybridized carbons (Fsp3) is 0.167.